The number of para-hydroxylation sites is 1. The maximum Gasteiger partial charge on any atom is 0.221 e. The Hall–Kier alpha value is -2.00. The van der Waals surface area contributed by atoms with Gasteiger partial charge in [-0.2, -0.15) is 0 Å². The Balaban J connectivity index is 2.15. The molecule has 0 aliphatic rings. The molecule has 0 aromatic heterocycles. The van der Waals surface area contributed by atoms with Crippen molar-refractivity contribution in [3.8, 4) is 0 Å². The average Bonchev–Trinajstić information content (AvgIpc) is 2.41. The largest absolute Gasteiger partial charge is 0.381 e. The van der Waals surface area contributed by atoms with Crippen molar-refractivity contribution in [2.45, 2.75) is 20.4 Å². The van der Waals surface area contributed by atoms with Crippen molar-refractivity contribution in [1.29, 1.82) is 0 Å². The van der Waals surface area contributed by atoms with Crippen LogP contribution in [0.15, 0.2) is 42.5 Å². The summed E-state index contributed by atoms with van der Waals surface area (Å²) in [5.74, 6) is -0.0728. The second-order valence-corrected chi connectivity index (χ2v) is 5.01. The van der Waals surface area contributed by atoms with Crippen molar-refractivity contribution in [2.75, 3.05) is 10.6 Å². The Bertz CT molecular complexity index is 626. The van der Waals surface area contributed by atoms with E-state index in [0.717, 1.165) is 27.5 Å². The van der Waals surface area contributed by atoms with E-state index in [9.17, 15) is 4.79 Å². The zero-order valence-electron chi connectivity index (χ0n) is 11.5. The topological polar surface area (TPSA) is 41.1 Å². The SMILES string of the molecule is CC(=O)Nc1ccccc1CNc1cccc(Cl)c1C. The van der Waals surface area contributed by atoms with E-state index in [1.165, 1.54) is 6.92 Å². The van der Waals surface area contributed by atoms with Crippen LogP contribution in [0.2, 0.25) is 5.02 Å². The van der Waals surface area contributed by atoms with Gasteiger partial charge in [0.25, 0.3) is 0 Å². The van der Waals surface area contributed by atoms with Gasteiger partial charge in [0, 0.05) is 29.9 Å². The lowest BCUT2D eigenvalue weighted by atomic mass is 10.1. The van der Waals surface area contributed by atoms with Crippen molar-refractivity contribution in [2.24, 2.45) is 0 Å². The van der Waals surface area contributed by atoms with E-state index in [4.69, 9.17) is 11.6 Å². The Kier molecular flexibility index (Phi) is 4.64. The number of nitrogens with one attached hydrogen (secondary N) is 2. The molecule has 0 saturated heterocycles. The van der Waals surface area contributed by atoms with Gasteiger partial charge in [0.05, 0.1) is 0 Å². The monoisotopic (exact) mass is 288 g/mol. The molecule has 4 heteroatoms. The normalized spacial score (nSPS) is 10.2. The van der Waals surface area contributed by atoms with E-state index in [1.54, 1.807) is 0 Å². The summed E-state index contributed by atoms with van der Waals surface area (Å²) in [5, 5.41) is 6.92. The second-order valence-electron chi connectivity index (χ2n) is 4.60. The molecule has 104 valence electrons. The van der Waals surface area contributed by atoms with Gasteiger partial charge in [-0.3, -0.25) is 4.79 Å². The van der Waals surface area contributed by atoms with E-state index < -0.39 is 0 Å². The van der Waals surface area contributed by atoms with Gasteiger partial charge in [0.2, 0.25) is 5.91 Å². The summed E-state index contributed by atoms with van der Waals surface area (Å²) in [6, 6.07) is 13.5. The third kappa shape index (κ3) is 3.52. The molecule has 20 heavy (non-hydrogen) atoms. The third-order valence-electron chi connectivity index (χ3n) is 3.07. The first-order valence-electron chi connectivity index (χ1n) is 6.42. The molecule has 3 nitrogen and oxygen atoms in total. The standard InChI is InChI=1S/C16H17ClN2O/c1-11-14(17)7-5-9-15(11)18-10-13-6-3-4-8-16(13)19-12(2)20/h3-9,18H,10H2,1-2H3,(H,19,20). The lowest BCUT2D eigenvalue weighted by molar-refractivity contribution is -0.114. The lowest BCUT2D eigenvalue weighted by Gasteiger charge is -2.13. The van der Waals surface area contributed by atoms with Gasteiger partial charge >= 0.3 is 0 Å². The molecule has 2 rings (SSSR count). The summed E-state index contributed by atoms with van der Waals surface area (Å²) in [5.41, 5.74) is 3.87. The minimum absolute atomic E-state index is 0.0728. The van der Waals surface area contributed by atoms with E-state index >= 15 is 0 Å². The molecule has 2 N–H and O–H groups in total. The molecular weight excluding hydrogens is 272 g/mol. The van der Waals surface area contributed by atoms with Crippen LogP contribution in [0.4, 0.5) is 11.4 Å². The molecule has 0 atom stereocenters. The predicted molar refractivity (Wildman–Crippen MR) is 84.3 cm³/mol. The van der Waals surface area contributed by atoms with Crippen LogP contribution >= 0.6 is 11.6 Å². The molecule has 1 amide bonds. The fourth-order valence-electron chi connectivity index (χ4n) is 1.98. The van der Waals surface area contributed by atoms with Crippen LogP contribution < -0.4 is 10.6 Å². The highest BCUT2D eigenvalue weighted by Crippen LogP contribution is 2.24. The number of benzene rings is 2. The molecule has 0 bridgehead atoms. The number of carbonyl (C=O) groups is 1. The maximum absolute atomic E-state index is 11.2. The van der Waals surface area contributed by atoms with Crippen molar-refractivity contribution >= 4 is 28.9 Å². The zero-order chi connectivity index (χ0) is 14.5. The fraction of sp³-hybridized carbons (Fsp3) is 0.188. The maximum atomic E-state index is 11.2. The first kappa shape index (κ1) is 14.4. The molecule has 0 spiro atoms. The van der Waals surface area contributed by atoms with Crippen LogP contribution in [-0.2, 0) is 11.3 Å². The summed E-state index contributed by atoms with van der Waals surface area (Å²) in [4.78, 5) is 11.2. The van der Waals surface area contributed by atoms with Crippen LogP contribution in [0.1, 0.15) is 18.1 Å². The number of carbonyl (C=O) groups excluding carboxylic acids is 1. The van der Waals surface area contributed by atoms with Crippen molar-refractivity contribution in [3.63, 3.8) is 0 Å². The molecule has 0 aliphatic heterocycles. The molecule has 0 radical (unpaired) electrons. The van der Waals surface area contributed by atoms with Crippen LogP contribution in [0, 0.1) is 6.92 Å². The number of hydrogen-bond acceptors (Lipinski definition) is 2. The molecule has 0 aliphatic carbocycles. The first-order valence-corrected chi connectivity index (χ1v) is 6.80. The summed E-state index contributed by atoms with van der Waals surface area (Å²) < 4.78 is 0. The average molecular weight is 289 g/mol. The molecule has 2 aromatic carbocycles. The van der Waals surface area contributed by atoms with Crippen LogP contribution in [0.3, 0.4) is 0 Å². The highest BCUT2D eigenvalue weighted by Gasteiger charge is 2.05. The Morgan fingerprint density at radius 2 is 1.80 bits per heavy atom. The third-order valence-corrected chi connectivity index (χ3v) is 3.47. The Labute approximate surface area is 124 Å². The molecular formula is C16H17ClN2O. The number of hydrogen-bond donors (Lipinski definition) is 2. The number of anilines is 2. The molecule has 2 aromatic rings. The number of halogens is 1. The van der Waals surface area contributed by atoms with Gasteiger partial charge in [-0.05, 0) is 36.2 Å². The summed E-state index contributed by atoms with van der Waals surface area (Å²) in [6.45, 7) is 4.10. The predicted octanol–water partition coefficient (Wildman–Crippen LogP) is 4.22. The summed E-state index contributed by atoms with van der Waals surface area (Å²) >= 11 is 6.10. The van der Waals surface area contributed by atoms with Crippen LogP contribution in [0.25, 0.3) is 0 Å². The van der Waals surface area contributed by atoms with Gasteiger partial charge in [-0.1, -0.05) is 35.9 Å². The lowest BCUT2D eigenvalue weighted by Crippen LogP contribution is -2.10. The van der Waals surface area contributed by atoms with Crippen molar-refractivity contribution in [3.05, 3.63) is 58.6 Å². The Morgan fingerprint density at radius 3 is 2.55 bits per heavy atom. The van der Waals surface area contributed by atoms with Gasteiger partial charge in [-0.15, -0.1) is 0 Å². The zero-order valence-corrected chi connectivity index (χ0v) is 12.3. The van der Waals surface area contributed by atoms with Gasteiger partial charge in [0.15, 0.2) is 0 Å². The minimum atomic E-state index is -0.0728. The minimum Gasteiger partial charge on any atom is -0.381 e. The highest BCUT2D eigenvalue weighted by molar-refractivity contribution is 6.31. The number of amides is 1. The molecule has 0 fully saturated rings. The fourth-order valence-corrected chi connectivity index (χ4v) is 2.15. The van der Waals surface area contributed by atoms with Gasteiger partial charge in [0.1, 0.15) is 0 Å². The van der Waals surface area contributed by atoms with E-state index in [1.807, 2.05) is 49.4 Å². The van der Waals surface area contributed by atoms with Gasteiger partial charge in [-0.25, -0.2) is 0 Å². The van der Waals surface area contributed by atoms with Gasteiger partial charge < -0.3 is 10.6 Å². The van der Waals surface area contributed by atoms with Crippen molar-refractivity contribution in [1.82, 2.24) is 0 Å². The molecule has 0 unspecified atom stereocenters. The van der Waals surface area contributed by atoms with Crippen LogP contribution in [0.5, 0.6) is 0 Å². The van der Waals surface area contributed by atoms with E-state index in [-0.39, 0.29) is 5.91 Å². The summed E-state index contributed by atoms with van der Waals surface area (Å²) in [6.07, 6.45) is 0. The van der Waals surface area contributed by atoms with E-state index in [2.05, 4.69) is 10.6 Å². The molecule has 0 heterocycles. The van der Waals surface area contributed by atoms with Crippen molar-refractivity contribution < 1.29 is 4.79 Å². The quantitative estimate of drug-likeness (QED) is 0.884. The first-order chi connectivity index (χ1) is 9.58. The number of rotatable bonds is 4. The highest BCUT2D eigenvalue weighted by atomic mass is 35.5. The van der Waals surface area contributed by atoms with E-state index in [0.29, 0.717) is 6.54 Å². The smallest absolute Gasteiger partial charge is 0.221 e. The Morgan fingerprint density at radius 1 is 1.10 bits per heavy atom. The second kappa shape index (κ2) is 6.44. The summed E-state index contributed by atoms with van der Waals surface area (Å²) in [7, 11) is 0. The van der Waals surface area contributed by atoms with Crippen LogP contribution in [-0.4, -0.2) is 5.91 Å². The molecule has 0 saturated carbocycles.